The third-order valence-electron chi connectivity index (χ3n) is 6.00. The molecule has 3 aromatic rings. The summed E-state index contributed by atoms with van der Waals surface area (Å²) in [7, 11) is 0. The summed E-state index contributed by atoms with van der Waals surface area (Å²) in [5.74, 6) is 1.66. The molecule has 0 radical (unpaired) electrons. The normalized spacial score (nSPS) is 18.0. The number of carbonyl (C=O) groups is 1. The van der Waals surface area contributed by atoms with Gasteiger partial charge in [-0.3, -0.25) is 9.69 Å². The van der Waals surface area contributed by atoms with Gasteiger partial charge in [0.2, 0.25) is 0 Å². The molecule has 2 heterocycles. The number of Topliss-reactive ketones (excluding diaryl/α,β-unsaturated/α-hetero) is 1. The molecule has 156 valence electrons. The van der Waals surface area contributed by atoms with E-state index in [-0.39, 0.29) is 0 Å². The minimum atomic E-state index is 0.379. The molecular formula is C24H27N3O2S. The zero-order chi connectivity index (χ0) is 20.3. The molecule has 2 fully saturated rings. The van der Waals surface area contributed by atoms with E-state index in [1.165, 1.54) is 5.56 Å². The van der Waals surface area contributed by atoms with Crippen LogP contribution in [0.15, 0.2) is 48.5 Å². The molecule has 1 saturated carbocycles. The fraction of sp³-hybridized carbons (Fsp3) is 0.417. The van der Waals surface area contributed by atoms with E-state index in [1.807, 2.05) is 30.3 Å². The van der Waals surface area contributed by atoms with Gasteiger partial charge in [0.25, 0.3) is 5.19 Å². The zero-order valence-corrected chi connectivity index (χ0v) is 17.9. The summed E-state index contributed by atoms with van der Waals surface area (Å²) in [6.07, 6.45) is 3.26. The van der Waals surface area contributed by atoms with Crippen molar-refractivity contribution in [3.8, 4) is 10.9 Å². The van der Waals surface area contributed by atoms with E-state index in [0.29, 0.717) is 23.4 Å². The van der Waals surface area contributed by atoms with E-state index in [1.54, 1.807) is 11.3 Å². The molecule has 0 spiro atoms. The summed E-state index contributed by atoms with van der Waals surface area (Å²) in [5, 5.41) is 0.682. The fourth-order valence-corrected chi connectivity index (χ4v) is 4.77. The Balaban J connectivity index is 1.07. The molecule has 1 aliphatic carbocycles. The number of rotatable bonds is 8. The molecule has 2 aliphatic rings. The first-order chi connectivity index (χ1) is 14.7. The van der Waals surface area contributed by atoms with E-state index in [2.05, 4.69) is 33.0 Å². The van der Waals surface area contributed by atoms with Crippen LogP contribution >= 0.6 is 11.3 Å². The Labute approximate surface area is 181 Å². The smallest absolute Gasteiger partial charge is 0.279 e. The summed E-state index contributed by atoms with van der Waals surface area (Å²) >= 11 is 1.57. The van der Waals surface area contributed by atoms with Crippen LogP contribution in [0, 0.1) is 5.92 Å². The molecule has 5 nitrogen and oxygen atoms in total. The molecule has 0 N–H and O–H groups in total. The number of hydrogen-bond donors (Lipinski definition) is 0. The Morgan fingerprint density at radius 1 is 1.00 bits per heavy atom. The van der Waals surface area contributed by atoms with Gasteiger partial charge in [0.05, 0.1) is 16.8 Å². The highest BCUT2D eigenvalue weighted by Crippen LogP contribution is 2.31. The lowest BCUT2D eigenvalue weighted by atomic mass is 10.1. The Kier molecular flexibility index (Phi) is 5.79. The van der Waals surface area contributed by atoms with Crippen molar-refractivity contribution in [1.29, 1.82) is 0 Å². The van der Waals surface area contributed by atoms with Gasteiger partial charge in [-0.05, 0) is 49.1 Å². The number of carbonyl (C=O) groups excluding carboxylic acids is 1. The lowest BCUT2D eigenvalue weighted by Gasteiger charge is -2.34. The quantitative estimate of drug-likeness (QED) is 0.545. The number of thiazole rings is 1. The zero-order valence-electron chi connectivity index (χ0n) is 17.1. The van der Waals surface area contributed by atoms with Crippen LogP contribution < -0.4 is 4.74 Å². The van der Waals surface area contributed by atoms with Crippen molar-refractivity contribution < 1.29 is 9.53 Å². The van der Waals surface area contributed by atoms with Crippen LogP contribution in [0.5, 0.6) is 10.9 Å². The second-order valence-corrected chi connectivity index (χ2v) is 9.30. The van der Waals surface area contributed by atoms with Gasteiger partial charge in [0.15, 0.2) is 0 Å². The van der Waals surface area contributed by atoms with Crippen molar-refractivity contribution in [1.82, 2.24) is 14.8 Å². The van der Waals surface area contributed by atoms with Gasteiger partial charge >= 0.3 is 0 Å². The predicted molar refractivity (Wildman–Crippen MR) is 120 cm³/mol. The first-order valence-electron chi connectivity index (χ1n) is 10.8. The summed E-state index contributed by atoms with van der Waals surface area (Å²) in [6, 6.07) is 16.4. The van der Waals surface area contributed by atoms with Crippen molar-refractivity contribution in [2.75, 3.05) is 39.3 Å². The van der Waals surface area contributed by atoms with E-state index in [0.717, 1.165) is 68.0 Å². The maximum Gasteiger partial charge on any atom is 0.279 e. The van der Waals surface area contributed by atoms with Gasteiger partial charge in [0.1, 0.15) is 11.5 Å². The maximum atomic E-state index is 12.0. The molecular weight excluding hydrogens is 394 g/mol. The average Bonchev–Trinajstić information content (AvgIpc) is 3.54. The highest BCUT2D eigenvalue weighted by molar-refractivity contribution is 7.20. The van der Waals surface area contributed by atoms with Crippen LogP contribution in [-0.4, -0.2) is 59.8 Å². The third kappa shape index (κ3) is 4.89. The maximum absolute atomic E-state index is 12.0. The topological polar surface area (TPSA) is 45.7 Å². The summed E-state index contributed by atoms with van der Waals surface area (Å²) < 4.78 is 7.08. The molecule has 1 saturated heterocycles. The number of ether oxygens (including phenoxy) is 1. The molecule has 0 atom stereocenters. The van der Waals surface area contributed by atoms with Gasteiger partial charge in [-0.1, -0.05) is 35.6 Å². The molecule has 5 rings (SSSR count). The van der Waals surface area contributed by atoms with E-state index in [4.69, 9.17) is 4.74 Å². The number of piperazine rings is 1. The molecule has 30 heavy (non-hydrogen) atoms. The highest BCUT2D eigenvalue weighted by Gasteiger charge is 2.31. The van der Waals surface area contributed by atoms with Gasteiger partial charge in [-0.15, -0.1) is 0 Å². The Bertz CT molecular complexity index is 972. The van der Waals surface area contributed by atoms with E-state index < -0.39 is 0 Å². The highest BCUT2D eigenvalue weighted by atomic mass is 32.1. The number of hydrogen-bond acceptors (Lipinski definition) is 6. The first kappa shape index (κ1) is 19.7. The van der Waals surface area contributed by atoms with Crippen LogP contribution in [-0.2, 0) is 11.2 Å². The largest absolute Gasteiger partial charge is 0.431 e. The lowest BCUT2D eigenvalue weighted by Crippen LogP contribution is -2.48. The van der Waals surface area contributed by atoms with Gasteiger partial charge in [-0.2, -0.15) is 0 Å². The number of aromatic nitrogens is 1. The first-order valence-corrected chi connectivity index (χ1v) is 11.6. The van der Waals surface area contributed by atoms with Crippen LogP contribution in [0.4, 0.5) is 0 Å². The van der Waals surface area contributed by atoms with Crippen molar-refractivity contribution in [2.45, 2.75) is 19.3 Å². The molecule has 0 bridgehead atoms. The average molecular weight is 422 g/mol. The van der Waals surface area contributed by atoms with E-state index >= 15 is 0 Å². The minimum absolute atomic E-state index is 0.379. The lowest BCUT2D eigenvalue weighted by molar-refractivity contribution is -0.121. The second kappa shape index (κ2) is 8.84. The van der Waals surface area contributed by atoms with Crippen LogP contribution in [0.2, 0.25) is 0 Å². The number of para-hydroxylation sites is 1. The standard InChI is InChI=1S/C24H27N3O2S/c28-22(19-7-8-19)17-27-15-13-26(14-16-27)12-11-18-5-9-20(10-6-18)29-24-25-21-3-1-2-4-23(21)30-24/h1-6,9-10,19H,7-8,11-17H2. The molecule has 1 aromatic heterocycles. The monoisotopic (exact) mass is 421 g/mol. The van der Waals surface area contributed by atoms with Crippen LogP contribution in [0.25, 0.3) is 10.2 Å². The number of ketones is 1. The van der Waals surface area contributed by atoms with Gasteiger partial charge < -0.3 is 9.64 Å². The number of nitrogens with zero attached hydrogens (tertiary/aromatic N) is 3. The Hall–Kier alpha value is -2.28. The molecule has 6 heteroatoms. The molecule has 0 amide bonds. The third-order valence-corrected chi connectivity index (χ3v) is 6.91. The Morgan fingerprint density at radius 2 is 1.73 bits per heavy atom. The van der Waals surface area contributed by atoms with Crippen molar-refractivity contribution in [3.63, 3.8) is 0 Å². The van der Waals surface area contributed by atoms with Gasteiger partial charge in [0, 0.05) is 38.6 Å². The van der Waals surface area contributed by atoms with E-state index in [9.17, 15) is 4.79 Å². The van der Waals surface area contributed by atoms with Crippen molar-refractivity contribution in [2.24, 2.45) is 5.92 Å². The fourth-order valence-electron chi connectivity index (χ4n) is 3.93. The number of benzene rings is 2. The van der Waals surface area contributed by atoms with Crippen molar-refractivity contribution in [3.05, 3.63) is 54.1 Å². The van der Waals surface area contributed by atoms with Gasteiger partial charge in [-0.25, -0.2) is 4.98 Å². The summed E-state index contributed by atoms with van der Waals surface area (Å²) in [4.78, 5) is 21.3. The minimum Gasteiger partial charge on any atom is -0.431 e. The van der Waals surface area contributed by atoms with Crippen molar-refractivity contribution >= 4 is 27.3 Å². The molecule has 1 aliphatic heterocycles. The van der Waals surface area contributed by atoms with Crippen LogP contribution in [0.3, 0.4) is 0 Å². The number of fused-ring (bicyclic) bond motifs is 1. The molecule has 0 unspecified atom stereocenters. The predicted octanol–water partition coefficient (Wildman–Crippen LogP) is 4.23. The second-order valence-electron chi connectivity index (χ2n) is 8.30. The summed E-state index contributed by atoms with van der Waals surface area (Å²) in [5.41, 5.74) is 2.30. The van der Waals surface area contributed by atoms with Crippen LogP contribution in [0.1, 0.15) is 18.4 Å². The SMILES string of the molecule is O=C(CN1CCN(CCc2ccc(Oc3nc4ccccc4s3)cc2)CC1)C1CC1. The molecule has 2 aromatic carbocycles. The summed E-state index contributed by atoms with van der Waals surface area (Å²) in [6.45, 7) is 5.84. The Morgan fingerprint density at radius 3 is 2.47 bits per heavy atom.